The molecule has 0 bridgehead atoms. The molecule has 1 aromatic heterocycles. The van der Waals surface area contributed by atoms with Crippen LogP contribution in [-0.2, 0) is 10.8 Å². The summed E-state index contributed by atoms with van der Waals surface area (Å²) in [5.41, 5.74) is 10.7. The minimum absolute atomic E-state index is 0.0529. The van der Waals surface area contributed by atoms with E-state index in [9.17, 15) is 0 Å². The number of unbranched alkanes of at least 4 members (excludes halogenated alkanes) is 1. The van der Waals surface area contributed by atoms with Crippen molar-refractivity contribution in [3.05, 3.63) is 76.0 Å². The van der Waals surface area contributed by atoms with Gasteiger partial charge in [0, 0.05) is 35.3 Å². The number of rotatable bonds is 4. The van der Waals surface area contributed by atoms with Crippen LogP contribution in [0.4, 0.5) is 5.69 Å². The fraction of sp³-hybridized carbons (Fsp3) is 0.447. The molecule has 3 nitrogen and oxygen atoms in total. The summed E-state index contributed by atoms with van der Waals surface area (Å²) in [7, 11) is 0. The third-order valence-electron chi connectivity index (χ3n) is 10.0. The molecule has 0 spiro atoms. The van der Waals surface area contributed by atoms with Crippen LogP contribution in [0.1, 0.15) is 114 Å². The Morgan fingerprint density at radius 3 is 2.69 bits per heavy atom. The molecule has 4 heteroatoms. The molecule has 1 atom stereocenters. The Morgan fingerprint density at radius 1 is 1.12 bits per heavy atom. The molecule has 0 saturated carbocycles. The van der Waals surface area contributed by atoms with Crippen LogP contribution in [0.2, 0.25) is 0 Å². The molecular formula is C38H44N2OS. The Kier molecular flexibility index (Phi) is 6.40. The topological polar surface area (TPSA) is 25.4 Å². The van der Waals surface area contributed by atoms with Crippen LogP contribution < -0.4 is 9.64 Å². The fourth-order valence-corrected chi connectivity index (χ4v) is 8.43. The molecular weight excluding hydrogens is 532 g/mol. The second kappa shape index (κ2) is 9.71. The minimum atomic E-state index is 0.0529. The van der Waals surface area contributed by atoms with E-state index in [1.165, 1.54) is 55.4 Å². The summed E-state index contributed by atoms with van der Waals surface area (Å²) in [5, 5.41) is 3.50. The number of ether oxygens (including phenoxy) is 1. The minimum Gasteiger partial charge on any atom is -0.456 e. The van der Waals surface area contributed by atoms with E-state index in [2.05, 4.69) is 96.3 Å². The Morgan fingerprint density at radius 2 is 1.93 bits per heavy atom. The third-order valence-corrected chi connectivity index (χ3v) is 11.0. The summed E-state index contributed by atoms with van der Waals surface area (Å²) in [6, 6.07) is 13.9. The standard InChI is InChI=1S/C38H44N2OS/c1-9-10-11-27-29-21-28-22(2)16-18-40-19-17-38(7,8)32(34(28)40)35(29)41-23(3)31(27)36-39-33-26-14-13-25(37(4,5)6)20-24(26)12-15-30(33)42-36/h12-15,20-22H,3,9-11,16-19H2,1-2,4-8H3. The van der Waals surface area contributed by atoms with Crippen molar-refractivity contribution in [1.29, 1.82) is 0 Å². The number of benzene rings is 3. The van der Waals surface area contributed by atoms with E-state index >= 15 is 0 Å². The summed E-state index contributed by atoms with van der Waals surface area (Å²) >= 11 is 1.78. The zero-order chi connectivity index (χ0) is 29.6. The molecule has 42 heavy (non-hydrogen) atoms. The van der Waals surface area contributed by atoms with E-state index in [-0.39, 0.29) is 10.8 Å². The number of aromatic nitrogens is 1. The number of nitrogens with zero attached hydrogens (tertiary/aromatic N) is 2. The van der Waals surface area contributed by atoms with Crippen LogP contribution >= 0.6 is 11.3 Å². The number of anilines is 1. The van der Waals surface area contributed by atoms with E-state index in [0.717, 1.165) is 66.4 Å². The predicted octanol–water partition coefficient (Wildman–Crippen LogP) is 10.7. The molecule has 3 aromatic carbocycles. The van der Waals surface area contributed by atoms with Crippen molar-refractivity contribution in [2.45, 2.75) is 97.3 Å². The lowest BCUT2D eigenvalue weighted by molar-refractivity contribution is 0.388. The van der Waals surface area contributed by atoms with Gasteiger partial charge in [-0.2, -0.15) is 0 Å². The third kappa shape index (κ3) is 4.24. The quantitative estimate of drug-likeness (QED) is 0.242. The summed E-state index contributed by atoms with van der Waals surface area (Å²) in [4.78, 5) is 7.97. The summed E-state index contributed by atoms with van der Waals surface area (Å²) in [6.45, 7) is 23.1. The van der Waals surface area contributed by atoms with Crippen LogP contribution in [0, 0.1) is 0 Å². The van der Waals surface area contributed by atoms with Gasteiger partial charge in [0.15, 0.2) is 0 Å². The molecule has 4 aromatic rings. The van der Waals surface area contributed by atoms with Crippen molar-refractivity contribution < 1.29 is 4.74 Å². The average molecular weight is 577 g/mol. The maximum atomic E-state index is 6.87. The first kappa shape index (κ1) is 27.7. The molecule has 218 valence electrons. The van der Waals surface area contributed by atoms with Crippen molar-refractivity contribution in [2.75, 3.05) is 18.0 Å². The number of fused-ring (bicyclic) bond motifs is 5. The van der Waals surface area contributed by atoms with Crippen molar-refractivity contribution >= 4 is 49.2 Å². The first-order valence-corrected chi connectivity index (χ1v) is 16.7. The van der Waals surface area contributed by atoms with Crippen LogP contribution in [0.3, 0.4) is 0 Å². The van der Waals surface area contributed by atoms with Gasteiger partial charge >= 0.3 is 0 Å². The van der Waals surface area contributed by atoms with Crippen molar-refractivity contribution in [2.24, 2.45) is 0 Å². The van der Waals surface area contributed by atoms with Crippen LogP contribution in [-0.4, -0.2) is 18.1 Å². The summed E-state index contributed by atoms with van der Waals surface area (Å²) < 4.78 is 8.09. The highest BCUT2D eigenvalue weighted by molar-refractivity contribution is 7.19. The Balaban J connectivity index is 1.46. The lowest BCUT2D eigenvalue weighted by Gasteiger charge is -2.47. The van der Waals surface area contributed by atoms with Gasteiger partial charge in [-0.25, -0.2) is 4.98 Å². The molecule has 0 aliphatic carbocycles. The zero-order valence-electron chi connectivity index (χ0n) is 26.4. The highest BCUT2D eigenvalue weighted by Gasteiger charge is 2.42. The number of allylic oxidation sites excluding steroid dienone is 2. The van der Waals surface area contributed by atoms with Gasteiger partial charge in [-0.05, 0) is 76.7 Å². The van der Waals surface area contributed by atoms with E-state index < -0.39 is 0 Å². The SMILES string of the molecule is C=C1Oc2c(cc3c4c2C(C)(C)CCN4CCC3C)C(CCCC)=C1c1nc2c(ccc3cc(C(C)(C)C)ccc32)s1. The van der Waals surface area contributed by atoms with Crippen molar-refractivity contribution in [1.82, 2.24) is 4.98 Å². The van der Waals surface area contributed by atoms with E-state index in [4.69, 9.17) is 9.72 Å². The smallest absolute Gasteiger partial charge is 0.140 e. The second-order valence-corrected chi connectivity index (χ2v) is 15.5. The Labute approximate surface area is 255 Å². The number of thiazole rings is 1. The van der Waals surface area contributed by atoms with Crippen molar-refractivity contribution in [3.8, 4) is 5.75 Å². The molecule has 7 rings (SSSR count). The normalized spacial score (nSPS) is 19.7. The van der Waals surface area contributed by atoms with Gasteiger partial charge in [0.05, 0.1) is 15.8 Å². The van der Waals surface area contributed by atoms with Gasteiger partial charge in [0.2, 0.25) is 0 Å². The molecule has 0 N–H and O–H groups in total. The maximum Gasteiger partial charge on any atom is 0.140 e. The van der Waals surface area contributed by atoms with E-state index in [1.807, 2.05) is 0 Å². The molecule has 0 saturated heterocycles. The van der Waals surface area contributed by atoms with Crippen molar-refractivity contribution in [3.63, 3.8) is 0 Å². The Hall–Kier alpha value is -3.11. The molecule has 4 heterocycles. The van der Waals surface area contributed by atoms with Gasteiger partial charge in [0.1, 0.15) is 16.5 Å². The van der Waals surface area contributed by atoms with Crippen LogP contribution in [0.15, 0.2) is 48.7 Å². The maximum absolute atomic E-state index is 6.87. The molecule has 3 aliphatic heterocycles. The highest BCUT2D eigenvalue weighted by atomic mass is 32.1. The monoisotopic (exact) mass is 576 g/mol. The summed E-state index contributed by atoms with van der Waals surface area (Å²) in [6.07, 6.45) is 5.63. The average Bonchev–Trinajstić information content (AvgIpc) is 3.37. The van der Waals surface area contributed by atoms with Gasteiger partial charge in [-0.15, -0.1) is 11.3 Å². The molecule has 0 fully saturated rings. The Bertz CT molecular complexity index is 1800. The highest BCUT2D eigenvalue weighted by Crippen LogP contribution is 2.57. The van der Waals surface area contributed by atoms with Crippen LogP contribution in [0.5, 0.6) is 5.75 Å². The van der Waals surface area contributed by atoms with E-state index in [0.29, 0.717) is 5.92 Å². The molecule has 3 aliphatic rings. The number of hydrogen-bond acceptors (Lipinski definition) is 4. The van der Waals surface area contributed by atoms with E-state index in [1.54, 1.807) is 11.3 Å². The molecule has 0 radical (unpaired) electrons. The lowest BCUT2D eigenvalue weighted by atomic mass is 9.71. The van der Waals surface area contributed by atoms with Gasteiger partial charge < -0.3 is 9.64 Å². The number of hydrogen-bond donors (Lipinski definition) is 0. The van der Waals surface area contributed by atoms with Crippen LogP contribution in [0.25, 0.3) is 32.1 Å². The first-order chi connectivity index (χ1) is 20.0. The first-order valence-electron chi connectivity index (χ1n) is 15.9. The van der Waals surface area contributed by atoms with Gasteiger partial charge in [0.25, 0.3) is 0 Å². The second-order valence-electron chi connectivity index (χ2n) is 14.5. The summed E-state index contributed by atoms with van der Waals surface area (Å²) in [5.74, 6) is 2.35. The zero-order valence-corrected chi connectivity index (χ0v) is 27.2. The molecule has 1 unspecified atom stereocenters. The van der Waals surface area contributed by atoms with Gasteiger partial charge in [-0.3, -0.25) is 0 Å². The lowest BCUT2D eigenvalue weighted by Crippen LogP contribution is -2.42. The predicted molar refractivity (Wildman–Crippen MR) is 181 cm³/mol. The van der Waals surface area contributed by atoms with Gasteiger partial charge in [-0.1, -0.05) is 85.7 Å². The largest absolute Gasteiger partial charge is 0.456 e. The fourth-order valence-electron chi connectivity index (χ4n) is 7.36. The molecule has 0 amide bonds.